The molecule has 0 bridgehead atoms. The van der Waals surface area contributed by atoms with Crippen molar-refractivity contribution in [3.63, 3.8) is 0 Å². The molecule has 0 saturated heterocycles. The molecule has 0 aromatic heterocycles. The van der Waals surface area contributed by atoms with E-state index in [1.807, 2.05) is 6.07 Å². The Bertz CT molecular complexity index is 686. The molecule has 6 nitrogen and oxygen atoms in total. The van der Waals surface area contributed by atoms with Crippen molar-refractivity contribution >= 4 is 40.5 Å². The van der Waals surface area contributed by atoms with E-state index in [9.17, 15) is 19.7 Å². The second-order valence-corrected chi connectivity index (χ2v) is 6.23. The maximum atomic E-state index is 12.3. The zero-order valence-corrected chi connectivity index (χ0v) is 13.4. The number of hydrogen-bond acceptors (Lipinski definition) is 5. The number of nitro groups is 1. The highest BCUT2D eigenvalue weighted by atomic mass is 35.5. The minimum atomic E-state index is -1.09. The molecule has 1 fully saturated rings. The Morgan fingerprint density at radius 1 is 1.22 bits per heavy atom. The molecule has 23 heavy (non-hydrogen) atoms. The number of nitro benzene ring substituents is 1. The first kappa shape index (κ1) is 17.4. The Morgan fingerprint density at radius 2 is 1.74 bits per heavy atom. The topological polar surface area (TPSA) is 101 Å². The summed E-state index contributed by atoms with van der Waals surface area (Å²) in [6, 6.07) is 4.17. The highest BCUT2D eigenvalue weighted by Crippen LogP contribution is 2.40. The molecule has 1 aliphatic carbocycles. The molecule has 120 valence electrons. The number of carbonyl (C=O) groups is 2. The molecule has 0 amide bonds. The van der Waals surface area contributed by atoms with Gasteiger partial charge in [0.15, 0.2) is 0 Å². The maximum absolute atomic E-state index is 12.3. The van der Waals surface area contributed by atoms with Crippen LogP contribution in [0.25, 0.3) is 0 Å². The van der Waals surface area contributed by atoms with E-state index in [0.29, 0.717) is 6.42 Å². The third-order valence-corrected chi connectivity index (χ3v) is 4.48. The third kappa shape index (κ3) is 3.69. The Labute approximate surface area is 142 Å². The van der Waals surface area contributed by atoms with Gasteiger partial charge in [-0.05, 0) is 12.3 Å². The van der Waals surface area contributed by atoms with Crippen LogP contribution in [0.3, 0.4) is 0 Å². The first-order valence-electron chi connectivity index (χ1n) is 6.90. The highest BCUT2D eigenvalue weighted by Gasteiger charge is 2.38. The van der Waals surface area contributed by atoms with Crippen LogP contribution in [0.4, 0.5) is 5.69 Å². The molecular formula is C15H12Cl2N2O4. The van der Waals surface area contributed by atoms with E-state index in [1.54, 1.807) is 0 Å². The van der Waals surface area contributed by atoms with Crippen LogP contribution in [0, 0.1) is 27.4 Å². The van der Waals surface area contributed by atoms with Crippen LogP contribution < -0.4 is 0 Å². The van der Waals surface area contributed by atoms with Crippen molar-refractivity contribution in [1.29, 1.82) is 5.26 Å². The second-order valence-electron chi connectivity index (χ2n) is 5.42. The number of Topliss-reactive ketones (excluding diaryl/α,β-unsaturated/α-hetero) is 2. The lowest BCUT2D eigenvalue weighted by atomic mass is 9.75. The number of hydrogen-bond donors (Lipinski definition) is 0. The molecule has 0 radical (unpaired) electrons. The molecule has 0 unspecified atom stereocenters. The van der Waals surface area contributed by atoms with Crippen LogP contribution in [0.15, 0.2) is 12.1 Å². The monoisotopic (exact) mass is 354 g/mol. The van der Waals surface area contributed by atoms with Gasteiger partial charge in [0.2, 0.25) is 0 Å². The van der Waals surface area contributed by atoms with Crippen molar-refractivity contribution in [3.8, 4) is 6.07 Å². The van der Waals surface area contributed by atoms with E-state index in [0.717, 1.165) is 12.1 Å². The minimum Gasteiger partial charge on any atom is -0.299 e. The Balaban J connectivity index is 2.33. The predicted octanol–water partition coefficient (Wildman–Crippen LogP) is 3.84. The predicted molar refractivity (Wildman–Crippen MR) is 83.4 cm³/mol. The molecule has 0 atom stereocenters. The van der Waals surface area contributed by atoms with E-state index in [4.69, 9.17) is 28.5 Å². The summed E-state index contributed by atoms with van der Waals surface area (Å²) in [6.45, 7) is 0. The van der Waals surface area contributed by atoms with Gasteiger partial charge in [0.25, 0.3) is 5.69 Å². The molecule has 0 aliphatic heterocycles. The van der Waals surface area contributed by atoms with Crippen LogP contribution in [-0.2, 0) is 9.59 Å². The van der Waals surface area contributed by atoms with Gasteiger partial charge >= 0.3 is 0 Å². The van der Waals surface area contributed by atoms with Gasteiger partial charge < -0.3 is 0 Å². The van der Waals surface area contributed by atoms with Gasteiger partial charge in [0, 0.05) is 37.0 Å². The van der Waals surface area contributed by atoms with Gasteiger partial charge in [-0.1, -0.05) is 23.2 Å². The molecule has 8 heteroatoms. The summed E-state index contributed by atoms with van der Waals surface area (Å²) in [4.78, 5) is 34.8. The average Bonchev–Trinajstić information content (AvgIpc) is 2.46. The van der Waals surface area contributed by atoms with E-state index in [2.05, 4.69) is 0 Å². The SMILES string of the molecule is N#CCCC1CC(=O)C(c2c(Cl)cc([N+](=O)[O-])cc2Cl)C(=O)C1. The molecule has 1 saturated carbocycles. The number of non-ortho nitro benzene ring substituents is 1. The molecule has 0 heterocycles. The standard InChI is InChI=1S/C15H12Cl2N2O4/c16-10-6-9(19(22)23)7-11(17)14(10)15-12(20)4-8(2-1-3-18)5-13(15)21/h6-8,15H,1-2,4-5H2. The van der Waals surface area contributed by atoms with E-state index in [1.165, 1.54) is 0 Å². The largest absolute Gasteiger partial charge is 0.299 e. The summed E-state index contributed by atoms with van der Waals surface area (Å²) in [7, 11) is 0. The molecule has 2 rings (SSSR count). The zero-order valence-electron chi connectivity index (χ0n) is 11.9. The lowest BCUT2D eigenvalue weighted by Gasteiger charge is -2.27. The molecular weight excluding hydrogens is 343 g/mol. The van der Waals surface area contributed by atoms with Crippen molar-refractivity contribution < 1.29 is 14.5 Å². The number of ketones is 2. The maximum Gasteiger partial charge on any atom is 0.272 e. The summed E-state index contributed by atoms with van der Waals surface area (Å²) in [5.74, 6) is -1.88. The fourth-order valence-electron chi connectivity index (χ4n) is 2.80. The molecule has 0 N–H and O–H groups in total. The van der Waals surface area contributed by atoms with E-state index >= 15 is 0 Å². The van der Waals surface area contributed by atoms with Crippen LogP contribution in [0.5, 0.6) is 0 Å². The van der Waals surface area contributed by atoms with Crippen molar-refractivity contribution in [1.82, 2.24) is 0 Å². The lowest BCUT2D eigenvalue weighted by molar-refractivity contribution is -0.384. The van der Waals surface area contributed by atoms with Gasteiger partial charge in [-0.2, -0.15) is 5.26 Å². The Hall–Kier alpha value is -1.97. The number of nitrogens with zero attached hydrogens (tertiary/aromatic N) is 2. The zero-order chi connectivity index (χ0) is 17.1. The fourth-order valence-corrected chi connectivity index (χ4v) is 3.50. The third-order valence-electron chi connectivity index (χ3n) is 3.85. The van der Waals surface area contributed by atoms with Crippen molar-refractivity contribution in [2.75, 3.05) is 0 Å². The molecule has 1 aliphatic rings. The van der Waals surface area contributed by atoms with Gasteiger partial charge in [-0.25, -0.2) is 0 Å². The first-order chi connectivity index (χ1) is 10.8. The summed E-state index contributed by atoms with van der Waals surface area (Å²) in [5, 5.41) is 19.3. The van der Waals surface area contributed by atoms with Crippen LogP contribution in [-0.4, -0.2) is 16.5 Å². The number of rotatable bonds is 4. The van der Waals surface area contributed by atoms with E-state index < -0.39 is 10.8 Å². The molecule has 1 aromatic carbocycles. The van der Waals surface area contributed by atoms with Gasteiger partial charge in [0.1, 0.15) is 17.5 Å². The number of halogens is 2. The Morgan fingerprint density at radius 3 is 2.17 bits per heavy atom. The molecule has 1 aromatic rings. The van der Waals surface area contributed by atoms with Crippen molar-refractivity contribution in [2.24, 2.45) is 5.92 Å². The Kier molecular flexibility index (Phi) is 5.34. The summed E-state index contributed by atoms with van der Waals surface area (Å²) < 4.78 is 0. The van der Waals surface area contributed by atoms with Gasteiger partial charge in [0.05, 0.1) is 21.0 Å². The summed E-state index contributed by atoms with van der Waals surface area (Å²) in [6.07, 6.45) is 1.11. The van der Waals surface area contributed by atoms with Gasteiger partial charge in [-0.3, -0.25) is 19.7 Å². The second kappa shape index (κ2) is 7.07. The normalized spacial score (nSPS) is 21.1. The highest BCUT2D eigenvalue weighted by molar-refractivity contribution is 6.37. The van der Waals surface area contributed by atoms with Crippen LogP contribution >= 0.6 is 23.2 Å². The minimum absolute atomic E-state index is 0.0635. The number of benzene rings is 1. The number of nitriles is 1. The average molecular weight is 355 g/mol. The van der Waals surface area contributed by atoms with Crippen molar-refractivity contribution in [2.45, 2.75) is 31.6 Å². The number of carbonyl (C=O) groups excluding carboxylic acids is 2. The summed E-state index contributed by atoms with van der Waals surface area (Å²) >= 11 is 12.1. The van der Waals surface area contributed by atoms with Crippen molar-refractivity contribution in [3.05, 3.63) is 37.9 Å². The van der Waals surface area contributed by atoms with Gasteiger partial charge in [-0.15, -0.1) is 0 Å². The van der Waals surface area contributed by atoms with E-state index in [-0.39, 0.29) is 58.0 Å². The van der Waals surface area contributed by atoms with Crippen LogP contribution in [0.2, 0.25) is 10.0 Å². The van der Waals surface area contributed by atoms with Crippen LogP contribution in [0.1, 0.15) is 37.2 Å². The first-order valence-corrected chi connectivity index (χ1v) is 7.66. The molecule has 0 spiro atoms. The smallest absolute Gasteiger partial charge is 0.272 e. The fraction of sp³-hybridized carbons (Fsp3) is 0.400. The lowest BCUT2D eigenvalue weighted by Crippen LogP contribution is -2.32. The quantitative estimate of drug-likeness (QED) is 0.464. The summed E-state index contributed by atoms with van der Waals surface area (Å²) in [5.41, 5.74) is -0.168.